The molecule has 4 heteroatoms. The summed E-state index contributed by atoms with van der Waals surface area (Å²) in [5.74, 6) is 0.924. The molecule has 2 aliphatic heterocycles. The van der Waals surface area contributed by atoms with E-state index in [0.29, 0.717) is 6.42 Å². The van der Waals surface area contributed by atoms with Crippen molar-refractivity contribution >= 4 is 11.8 Å². The van der Waals surface area contributed by atoms with E-state index in [-0.39, 0.29) is 17.9 Å². The number of rotatable bonds is 2. The molecule has 2 aliphatic rings. The number of ketones is 1. The van der Waals surface area contributed by atoms with Crippen LogP contribution in [0.5, 0.6) is 0 Å². The highest BCUT2D eigenvalue weighted by Crippen LogP contribution is 2.24. The second-order valence-electron chi connectivity index (χ2n) is 5.85. The molecule has 0 aromatic heterocycles. The molecule has 102 valence electrons. The van der Waals surface area contributed by atoms with Crippen molar-refractivity contribution in [2.45, 2.75) is 52.0 Å². The normalized spacial score (nSPS) is 25.6. The van der Waals surface area contributed by atoms with Gasteiger partial charge >= 0.3 is 6.03 Å². The first kappa shape index (κ1) is 13.4. The summed E-state index contributed by atoms with van der Waals surface area (Å²) in [6, 6.07) is 0.306. The summed E-state index contributed by atoms with van der Waals surface area (Å²) in [4.78, 5) is 27.6. The Balaban J connectivity index is 1.93. The van der Waals surface area contributed by atoms with Crippen molar-refractivity contribution in [2.75, 3.05) is 19.6 Å². The number of amides is 2. The average Bonchev–Trinajstić information content (AvgIpc) is 2.76. The molecule has 0 aromatic rings. The summed E-state index contributed by atoms with van der Waals surface area (Å²) >= 11 is 0. The van der Waals surface area contributed by atoms with E-state index in [2.05, 4.69) is 6.92 Å². The number of piperidine rings is 1. The number of hydrogen-bond donors (Lipinski definition) is 0. The number of nitrogens with zero attached hydrogens (tertiary/aromatic N) is 2. The maximum absolute atomic E-state index is 12.4. The van der Waals surface area contributed by atoms with E-state index in [4.69, 9.17) is 0 Å². The van der Waals surface area contributed by atoms with Crippen LogP contribution in [0.4, 0.5) is 4.79 Å². The zero-order valence-electron chi connectivity index (χ0n) is 11.5. The molecule has 2 heterocycles. The molecule has 18 heavy (non-hydrogen) atoms. The van der Waals surface area contributed by atoms with Crippen LogP contribution in [0.1, 0.15) is 46.0 Å². The van der Waals surface area contributed by atoms with Crippen molar-refractivity contribution < 1.29 is 9.59 Å². The minimum atomic E-state index is 0.148. The maximum atomic E-state index is 12.4. The number of likely N-dealkylation sites (tertiary alicyclic amines) is 2. The fraction of sp³-hybridized carbons (Fsp3) is 0.857. The highest BCUT2D eigenvalue weighted by molar-refractivity contribution is 5.79. The van der Waals surface area contributed by atoms with Crippen LogP contribution in [0.3, 0.4) is 0 Å². The Hall–Kier alpha value is -1.06. The van der Waals surface area contributed by atoms with Crippen molar-refractivity contribution in [1.29, 1.82) is 0 Å². The predicted molar refractivity (Wildman–Crippen MR) is 70.4 cm³/mol. The van der Waals surface area contributed by atoms with Gasteiger partial charge in [-0.3, -0.25) is 4.79 Å². The second kappa shape index (κ2) is 5.72. The summed E-state index contributed by atoms with van der Waals surface area (Å²) in [6.45, 7) is 6.44. The first-order chi connectivity index (χ1) is 8.58. The van der Waals surface area contributed by atoms with Gasteiger partial charge in [0.1, 0.15) is 5.78 Å². The zero-order chi connectivity index (χ0) is 13.1. The third-order valence-electron chi connectivity index (χ3n) is 4.20. The minimum Gasteiger partial charge on any atom is -0.325 e. The second-order valence-corrected chi connectivity index (χ2v) is 5.85. The van der Waals surface area contributed by atoms with Crippen molar-refractivity contribution in [3.8, 4) is 0 Å². The number of urea groups is 1. The molecule has 0 aliphatic carbocycles. The third-order valence-corrected chi connectivity index (χ3v) is 4.20. The van der Waals surface area contributed by atoms with Gasteiger partial charge < -0.3 is 9.80 Å². The Morgan fingerprint density at radius 3 is 2.39 bits per heavy atom. The van der Waals surface area contributed by atoms with Crippen LogP contribution >= 0.6 is 0 Å². The molecule has 0 spiro atoms. The first-order valence-corrected chi connectivity index (χ1v) is 7.13. The molecule has 0 radical (unpaired) electrons. The smallest absolute Gasteiger partial charge is 0.320 e. The van der Waals surface area contributed by atoms with Crippen LogP contribution in [-0.2, 0) is 4.79 Å². The fourth-order valence-electron chi connectivity index (χ4n) is 3.01. The topological polar surface area (TPSA) is 40.6 Å². The standard InChI is InChI=1S/C14H24N2O2/c1-11-5-8-15(9-6-11)14(18)16-7-3-4-13(16)10-12(2)17/h11,13H,3-10H2,1-2H3. The van der Waals surface area contributed by atoms with Gasteiger partial charge in [0, 0.05) is 32.1 Å². The zero-order valence-corrected chi connectivity index (χ0v) is 11.5. The van der Waals surface area contributed by atoms with Gasteiger partial charge in [0.05, 0.1) is 0 Å². The van der Waals surface area contributed by atoms with Crippen LogP contribution in [0.25, 0.3) is 0 Å². The number of carbonyl (C=O) groups excluding carboxylic acids is 2. The van der Waals surface area contributed by atoms with Gasteiger partial charge in [-0.2, -0.15) is 0 Å². The van der Waals surface area contributed by atoms with Crippen molar-refractivity contribution in [3.63, 3.8) is 0 Å². The Kier molecular flexibility index (Phi) is 4.25. The highest BCUT2D eigenvalue weighted by atomic mass is 16.2. The molecule has 2 rings (SSSR count). The number of carbonyl (C=O) groups is 2. The van der Waals surface area contributed by atoms with E-state index >= 15 is 0 Å². The molecule has 0 aromatic carbocycles. The molecule has 1 unspecified atom stereocenters. The van der Waals surface area contributed by atoms with Gasteiger partial charge in [-0.1, -0.05) is 6.92 Å². The average molecular weight is 252 g/mol. The lowest BCUT2D eigenvalue weighted by atomic mass is 9.99. The Labute approximate surface area is 109 Å². The fourth-order valence-corrected chi connectivity index (χ4v) is 3.01. The van der Waals surface area contributed by atoms with E-state index in [1.165, 1.54) is 0 Å². The lowest BCUT2D eigenvalue weighted by molar-refractivity contribution is -0.117. The van der Waals surface area contributed by atoms with E-state index in [0.717, 1.165) is 51.2 Å². The summed E-state index contributed by atoms with van der Waals surface area (Å²) in [5.41, 5.74) is 0. The first-order valence-electron chi connectivity index (χ1n) is 7.13. The van der Waals surface area contributed by atoms with Gasteiger partial charge in [-0.15, -0.1) is 0 Å². The quantitative estimate of drug-likeness (QED) is 0.756. The van der Waals surface area contributed by atoms with Crippen LogP contribution in [0, 0.1) is 5.92 Å². The molecule has 0 bridgehead atoms. The molecule has 2 amide bonds. The van der Waals surface area contributed by atoms with Gasteiger partial charge in [-0.25, -0.2) is 4.79 Å². The molecule has 2 saturated heterocycles. The van der Waals surface area contributed by atoms with Gasteiger partial charge in [0.15, 0.2) is 0 Å². The lowest BCUT2D eigenvalue weighted by Gasteiger charge is -2.35. The summed E-state index contributed by atoms with van der Waals surface area (Å²) in [6.07, 6.45) is 4.76. The van der Waals surface area contributed by atoms with Crippen LogP contribution < -0.4 is 0 Å². The highest BCUT2D eigenvalue weighted by Gasteiger charge is 2.33. The lowest BCUT2D eigenvalue weighted by Crippen LogP contribution is -2.48. The molecule has 4 nitrogen and oxygen atoms in total. The van der Waals surface area contributed by atoms with Gasteiger partial charge in [0.2, 0.25) is 0 Å². The summed E-state index contributed by atoms with van der Waals surface area (Å²) in [5, 5.41) is 0. The minimum absolute atomic E-state index is 0.148. The van der Waals surface area contributed by atoms with E-state index in [1.807, 2.05) is 9.80 Å². The monoisotopic (exact) mass is 252 g/mol. The molecular weight excluding hydrogens is 228 g/mol. The maximum Gasteiger partial charge on any atom is 0.320 e. The molecule has 2 fully saturated rings. The molecule has 0 N–H and O–H groups in total. The predicted octanol–water partition coefficient (Wildman–Crippen LogP) is 2.28. The van der Waals surface area contributed by atoms with E-state index in [9.17, 15) is 9.59 Å². The molecular formula is C14H24N2O2. The Morgan fingerprint density at radius 1 is 1.11 bits per heavy atom. The Morgan fingerprint density at radius 2 is 1.78 bits per heavy atom. The molecule has 1 atom stereocenters. The van der Waals surface area contributed by atoms with Crippen molar-refractivity contribution in [3.05, 3.63) is 0 Å². The van der Waals surface area contributed by atoms with Crippen molar-refractivity contribution in [1.82, 2.24) is 9.80 Å². The number of hydrogen-bond acceptors (Lipinski definition) is 2. The van der Waals surface area contributed by atoms with E-state index in [1.54, 1.807) is 6.92 Å². The van der Waals surface area contributed by atoms with Crippen molar-refractivity contribution in [2.24, 2.45) is 5.92 Å². The Bertz CT molecular complexity index is 322. The molecule has 0 saturated carbocycles. The summed E-state index contributed by atoms with van der Waals surface area (Å²) < 4.78 is 0. The number of Topliss-reactive ketones (excluding diaryl/α,β-unsaturated/α-hetero) is 1. The summed E-state index contributed by atoms with van der Waals surface area (Å²) in [7, 11) is 0. The third kappa shape index (κ3) is 3.03. The van der Waals surface area contributed by atoms with Gasteiger partial charge in [-0.05, 0) is 38.5 Å². The van der Waals surface area contributed by atoms with Crippen LogP contribution in [-0.4, -0.2) is 47.3 Å². The van der Waals surface area contributed by atoms with Gasteiger partial charge in [0.25, 0.3) is 0 Å². The van der Waals surface area contributed by atoms with Crippen LogP contribution in [0.15, 0.2) is 0 Å². The SMILES string of the molecule is CC(=O)CC1CCCN1C(=O)N1CCC(C)CC1. The van der Waals surface area contributed by atoms with E-state index < -0.39 is 0 Å². The van der Waals surface area contributed by atoms with Crippen LogP contribution in [0.2, 0.25) is 0 Å². The largest absolute Gasteiger partial charge is 0.325 e.